The van der Waals surface area contributed by atoms with E-state index in [9.17, 15) is 9.18 Å². The van der Waals surface area contributed by atoms with Gasteiger partial charge in [0, 0.05) is 17.9 Å². The first kappa shape index (κ1) is 9.83. The molecule has 0 aliphatic carbocycles. The minimum absolute atomic E-state index is 0.116. The predicted octanol–water partition coefficient (Wildman–Crippen LogP) is 1.69. The molecule has 0 radical (unpaired) electrons. The Morgan fingerprint density at radius 1 is 1.47 bits per heavy atom. The van der Waals surface area contributed by atoms with Gasteiger partial charge in [-0.25, -0.2) is 9.82 Å². The second-order valence-electron chi connectivity index (χ2n) is 3.62. The molecule has 1 aliphatic heterocycles. The summed E-state index contributed by atoms with van der Waals surface area (Å²) in [5, 5.41) is 3.87. The summed E-state index contributed by atoms with van der Waals surface area (Å²) in [6, 6.07) is 6.43. The highest BCUT2D eigenvalue weighted by molar-refractivity contribution is 6.04. The standard InChI is InChI=1S/C11H11FN2O/c1-7-6-10(13-14-11(7)15)8-4-2-3-5-9(8)12/h2-5,7H,6H2,1H3,(H,14,15). The average Bonchev–Trinajstić information content (AvgIpc) is 2.23. The smallest absolute Gasteiger partial charge is 0.243 e. The molecule has 78 valence electrons. The van der Waals surface area contributed by atoms with Crippen molar-refractivity contribution in [2.45, 2.75) is 13.3 Å². The Balaban J connectivity index is 2.33. The van der Waals surface area contributed by atoms with Gasteiger partial charge in [-0.15, -0.1) is 0 Å². The number of hydrogen-bond donors (Lipinski definition) is 1. The predicted molar refractivity (Wildman–Crippen MR) is 54.9 cm³/mol. The van der Waals surface area contributed by atoms with Crippen molar-refractivity contribution >= 4 is 11.6 Å². The number of nitrogens with zero attached hydrogens (tertiary/aromatic N) is 1. The van der Waals surface area contributed by atoms with Gasteiger partial charge in [-0.3, -0.25) is 4.79 Å². The van der Waals surface area contributed by atoms with E-state index in [0.717, 1.165) is 0 Å². The summed E-state index contributed by atoms with van der Waals surface area (Å²) in [6.07, 6.45) is 0.479. The molecule has 3 nitrogen and oxygen atoms in total. The van der Waals surface area contributed by atoms with Gasteiger partial charge in [0.1, 0.15) is 5.82 Å². The van der Waals surface area contributed by atoms with E-state index in [4.69, 9.17) is 0 Å². The Bertz CT molecular complexity index is 428. The molecule has 1 unspecified atom stereocenters. The first-order valence-electron chi connectivity index (χ1n) is 4.80. The molecule has 4 heteroatoms. The number of hydrazone groups is 1. The van der Waals surface area contributed by atoms with Crippen molar-refractivity contribution in [1.82, 2.24) is 5.43 Å². The Labute approximate surface area is 87.0 Å². The van der Waals surface area contributed by atoms with Crippen molar-refractivity contribution in [3.8, 4) is 0 Å². The lowest BCUT2D eigenvalue weighted by molar-refractivity contribution is -0.124. The maximum Gasteiger partial charge on any atom is 0.243 e. The molecular weight excluding hydrogens is 195 g/mol. The molecule has 0 saturated carbocycles. The van der Waals surface area contributed by atoms with Crippen LogP contribution in [0.3, 0.4) is 0 Å². The van der Waals surface area contributed by atoms with Crippen LogP contribution in [0.25, 0.3) is 0 Å². The second-order valence-corrected chi connectivity index (χ2v) is 3.62. The summed E-state index contributed by atoms with van der Waals surface area (Å²) in [6.45, 7) is 1.80. The zero-order valence-corrected chi connectivity index (χ0v) is 8.33. The van der Waals surface area contributed by atoms with Gasteiger partial charge in [-0.2, -0.15) is 5.10 Å². The summed E-state index contributed by atoms with van der Waals surface area (Å²) in [7, 11) is 0. The lowest BCUT2D eigenvalue weighted by Crippen LogP contribution is -2.33. The zero-order valence-electron chi connectivity index (χ0n) is 8.33. The summed E-state index contributed by atoms with van der Waals surface area (Å²) < 4.78 is 13.4. The fourth-order valence-corrected chi connectivity index (χ4v) is 1.53. The summed E-state index contributed by atoms with van der Waals surface area (Å²) in [5.41, 5.74) is 3.45. The normalized spacial score (nSPS) is 20.8. The van der Waals surface area contributed by atoms with Gasteiger partial charge in [0.25, 0.3) is 0 Å². The molecule has 15 heavy (non-hydrogen) atoms. The van der Waals surface area contributed by atoms with Crippen molar-refractivity contribution in [3.05, 3.63) is 35.6 Å². The first-order chi connectivity index (χ1) is 7.18. The van der Waals surface area contributed by atoms with Crippen LogP contribution in [0.1, 0.15) is 18.9 Å². The average molecular weight is 206 g/mol. The van der Waals surface area contributed by atoms with E-state index in [1.807, 2.05) is 0 Å². The number of amides is 1. The Morgan fingerprint density at radius 3 is 2.87 bits per heavy atom. The second kappa shape index (κ2) is 3.81. The molecule has 1 aliphatic rings. The van der Waals surface area contributed by atoms with Crippen molar-refractivity contribution in [2.75, 3.05) is 0 Å². The van der Waals surface area contributed by atoms with Gasteiger partial charge in [0.05, 0.1) is 5.71 Å². The summed E-state index contributed by atoms with van der Waals surface area (Å²) in [4.78, 5) is 11.1. The van der Waals surface area contributed by atoms with E-state index < -0.39 is 0 Å². The van der Waals surface area contributed by atoms with Crippen LogP contribution in [-0.2, 0) is 4.79 Å². The third-order valence-electron chi connectivity index (χ3n) is 2.43. The molecule has 2 rings (SSSR count). The Morgan fingerprint density at radius 2 is 2.20 bits per heavy atom. The first-order valence-corrected chi connectivity index (χ1v) is 4.80. The van der Waals surface area contributed by atoms with E-state index in [1.165, 1.54) is 6.07 Å². The molecule has 1 heterocycles. The molecule has 0 spiro atoms. The van der Waals surface area contributed by atoms with Gasteiger partial charge in [0.2, 0.25) is 5.91 Å². The maximum atomic E-state index is 13.4. The van der Waals surface area contributed by atoms with E-state index >= 15 is 0 Å². The van der Waals surface area contributed by atoms with Crippen LogP contribution in [0.2, 0.25) is 0 Å². The van der Waals surface area contributed by atoms with Crippen LogP contribution < -0.4 is 5.43 Å². The third kappa shape index (κ3) is 1.88. The minimum atomic E-state index is -0.306. The monoisotopic (exact) mass is 206 g/mol. The van der Waals surface area contributed by atoms with Crippen LogP contribution in [0.5, 0.6) is 0 Å². The molecule has 1 aromatic rings. The number of carbonyl (C=O) groups is 1. The zero-order chi connectivity index (χ0) is 10.8. The quantitative estimate of drug-likeness (QED) is 0.746. The summed E-state index contributed by atoms with van der Waals surface area (Å²) in [5.74, 6) is -0.577. The Hall–Kier alpha value is -1.71. The topological polar surface area (TPSA) is 41.5 Å². The summed E-state index contributed by atoms with van der Waals surface area (Å²) >= 11 is 0. The number of carbonyl (C=O) groups excluding carboxylic acids is 1. The van der Waals surface area contributed by atoms with Crippen LogP contribution in [0, 0.1) is 11.7 Å². The van der Waals surface area contributed by atoms with Gasteiger partial charge in [-0.05, 0) is 6.07 Å². The maximum absolute atomic E-state index is 13.4. The van der Waals surface area contributed by atoms with Crippen LogP contribution in [-0.4, -0.2) is 11.6 Å². The van der Waals surface area contributed by atoms with Crippen molar-refractivity contribution in [1.29, 1.82) is 0 Å². The lowest BCUT2D eigenvalue weighted by Gasteiger charge is -2.18. The minimum Gasteiger partial charge on any atom is -0.273 e. The van der Waals surface area contributed by atoms with E-state index in [1.54, 1.807) is 25.1 Å². The van der Waals surface area contributed by atoms with Gasteiger partial charge < -0.3 is 0 Å². The molecule has 1 N–H and O–H groups in total. The number of benzene rings is 1. The largest absolute Gasteiger partial charge is 0.273 e. The number of rotatable bonds is 1. The number of hydrogen-bond acceptors (Lipinski definition) is 2. The lowest BCUT2D eigenvalue weighted by atomic mass is 9.97. The van der Waals surface area contributed by atoms with E-state index in [2.05, 4.69) is 10.5 Å². The highest BCUT2D eigenvalue weighted by Gasteiger charge is 2.22. The molecular formula is C11H11FN2O. The molecule has 0 fully saturated rings. The molecule has 1 amide bonds. The number of halogens is 1. The third-order valence-corrected chi connectivity index (χ3v) is 2.43. The van der Waals surface area contributed by atoms with Gasteiger partial charge >= 0.3 is 0 Å². The molecule has 1 aromatic carbocycles. The fourth-order valence-electron chi connectivity index (χ4n) is 1.53. The highest BCUT2D eigenvalue weighted by Crippen LogP contribution is 2.16. The van der Waals surface area contributed by atoms with Crippen molar-refractivity contribution in [3.63, 3.8) is 0 Å². The highest BCUT2D eigenvalue weighted by atomic mass is 19.1. The molecule has 0 aromatic heterocycles. The van der Waals surface area contributed by atoms with Crippen molar-refractivity contribution < 1.29 is 9.18 Å². The van der Waals surface area contributed by atoms with Crippen molar-refractivity contribution in [2.24, 2.45) is 11.0 Å². The van der Waals surface area contributed by atoms with E-state index in [-0.39, 0.29) is 17.6 Å². The SMILES string of the molecule is CC1CC(c2ccccc2F)=NNC1=O. The number of nitrogens with one attached hydrogen (secondary N) is 1. The van der Waals surface area contributed by atoms with Crippen LogP contribution in [0.15, 0.2) is 29.4 Å². The fraction of sp³-hybridized carbons (Fsp3) is 0.273. The van der Waals surface area contributed by atoms with Crippen LogP contribution in [0.4, 0.5) is 4.39 Å². The molecule has 1 atom stereocenters. The molecule has 0 saturated heterocycles. The Kier molecular flexibility index (Phi) is 2.49. The van der Waals surface area contributed by atoms with Crippen LogP contribution >= 0.6 is 0 Å². The van der Waals surface area contributed by atoms with E-state index in [0.29, 0.717) is 17.7 Å². The molecule has 0 bridgehead atoms. The van der Waals surface area contributed by atoms with Gasteiger partial charge in [0.15, 0.2) is 0 Å². The van der Waals surface area contributed by atoms with Gasteiger partial charge in [-0.1, -0.05) is 25.1 Å².